The molecule has 0 spiro atoms. The minimum Gasteiger partial charge on any atom is -0.309 e. The molecule has 58 heavy (non-hydrogen) atoms. The lowest BCUT2D eigenvalue weighted by atomic mass is 9.92. The highest BCUT2D eigenvalue weighted by Gasteiger charge is 2.19. The maximum absolute atomic E-state index is 5.19. The van der Waals surface area contributed by atoms with Crippen LogP contribution >= 0.6 is 11.3 Å². The molecule has 3 aromatic heterocycles. The fraction of sp³-hybridized carbons (Fsp3) is 0.0377. The summed E-state index contributed by atoms with van der Waals surface area (Å²) < 4.78 is 5.01. The molecular formula is C53H36N4S. The summed E-state index contributed by atoms with van der Waals surface area (Å²) in [5.41, 5.74) is 13.5. The van der Waals surface area contributed by atoms with Gasteiger partial charge in [-0.05, 0) is 95.8 Å². The van der Waals surface area contributed by atoms with Crippen LogP contribution in [0.2, 0.25) is 0 Å². The second-order valence-corrected chi connectivity index (χ2v) is 15.9. The number of aromatic nitrogens is 4. The highest BCUT2D eigenvalue weighted by molar-refractivity contribution is 7.26. The Morgan fingerprint density at radius 3 is 1.81 bits per heavy atom. The van der Waals surface area contributed by atoms with Gasteiger partial charge in [-0.2, -0.15) is 0 Å². The molecule has 5 heteroatoms. The highest BCUT2D eigenvalue weighted by atomic mass is 32.1. The summed E-state index contributed by atoms with van der Waals surface area (Å²) in [7, 11) is 0. The predicted molar refractivity (Wildman–Crippen MR) is 244 cm³/mol. The number of hydrogen-bond acceptors (Lipinski definition) is 4. The summed E-state index contributed by atoms with van der Waals surface area (Å²) >= 11 is 1.87. The Morgan fingerprint density at radius 1 is 0.397 bits per heavy atom. The normalized spacial score (nSPS) is 11.6. The highest BCUT2D eigenvalue weighted by Crippen LogP contribution is 2.42. The summed E-state index contributed by atoms with van der Waals surface area (Å²) in [6.07, 6.45) is 0. The SMILES string of the molecule is Cc1ccccc1-c1c(C)cccc1-c1nc(-c2ccccc2)nc(-c2ccc(-n3c4ccccc4c4cc(-c5cccc6c5sc5ccccc56)ccc43)cc2)n1. The fourth-order valence-corrected chi connectivity index (χ4v) is 9.80. The molecule has 0 aliphatic rings. The van der Waals surface area contributed by atoms with E-state index in [9.17, 15) is 0 Å². The third-order valence-electron chi connectivity index (χ3n) is 11.4. The maximum Gasteiger partial charge on any atom is 0.164 e. The molecule has 0 atom stereocenters. The summed E-state index contributed by atoms with van der Waals surface area (Å²) in [6.45, 7) is 4.32. The molecule has 0 fully saturated rings. The van der Waals surface area contributed by atoms with Crippen molar-refractivity contribution in [3.8, 4) is 62.1 Å². The van der Waals surface area contributed by atoms with Crippen molar-refractivity contribution < 1.29 is 0 Å². The van der Waals surface area contributed by atoms with Gasteiger partial charge in [-0.3, -0.25) is 0 Å². The molecule has 3 heterocycles. The monoisotopic (exact) mass is 760 g/mol. The topological polar surface area (TPSA) is 43.6 Å². The molecule has 0 saturated heterocycles. The van der Waals surface area contributed by atoms with Gasteiger partial charge < -0.3 is 4.57 Å². The van der Waals surface area contributed by atoms with Crippen LogP contribution in [0.25, 0.3) is 104 Å². The van der Waals surface area contributed by atoms with Crippen LogP contribution in [0.15, 0.2) is 182 Å². The first-order valence-corrected chi connectivity index (χ1v) is 20.4. The van der Waals surface area contributed by atoms with Gasteiger partial charge in [-0.25, -0.2) is 15.0 Å². The van der Waals surface area contributed by atoms with Crippen molar-refractivity contribution in [3.63, 3.8) is 0 Å². The predicted octanol–water partition coefficient (Wildman–Crippen LogP) is 14.3. The lowest BCUT2D eigenvalue weighted by Crippen LogP contribution is -2.02. The van der Waals surface area contributed by atoms with E-state index in [1.165, 1.54) is 69.8 Å². The zero-order valence-corrected chi connectivity index (χ0v) is 32.8. The molecule has 0 amide bonds. The van der Waals surface area contributed by atoms with Crippen LogP contribution in [0.5, 0.6) is 0 Å². The molecule has 4 nitrogen and oxygen atoms in total. The molecule has 11 rings (SSSR count). The number of thiophene rings is 1. The van der Waals surface area contributed by atoms with E-state index in [-0.39, 0.29) is 0 Å². The fourth-order valence-electron chi connectivity index (χ4n) is 8.56. The molecule has 0 aliphatic carbocycles. The molecule has 0 aliphatic heterocycles. The van der Waals surface area contributed by atoms with E-state index >= 15 is 0 Å². The maximum atomic E-state index is 5.19. The van der Waals surface area contributed by atoms with Crippen molar-refractivity contribution in [1.29, 1.82) is 0 Å². The van der Waals surface area contributed by atoms with E-state index in [2.05, 4.69) is 182 Å². The quantitative estimate of drug-likeness (QED) is 0.169. The van der Waals surface area contributed by atoms with Gasteiger partial charge in [0.1, 0.15) is 0 Å². The van der Waals surface area contributed by atoms with Gasteiger partial charge in [0.2, 0.25) is 0 Å². The van der Waals surface area contributed by atoms with Crippen LogP contribution in [0.4, 0.5) is 0 Å². The minimum atomic E-state index is 0.634. The Labute approximate surface area is 340 Å². The van der Waals surface area contributed by atoms with Crippen molar-refractivity contribution in [2.45, 2.75) is 13.8 Å². The van der Waals surface area contributed by atoms with Crippen molar-refractivity contribution >= 4 is 53.3 Å². The van der Waals surface area contributed by atoms with E-state index < -0.39 is 0 Å². The van der Waals surface area contributed by atoms with Gasteiger partial charge in [0.25, 0.3) is 0 Å². The molecular weight excluding hydrogens is 725 g/mol. The van der Waals surface area contributed by atoms with Crippen molar-refractivity contribution in [1.82, 2.24) is 19.5 Å². The number of rotatable bonds is 6. The van der Waals surface area contributed by atoms with Crippen LogP contribution in [0.3, 0.4) is 0 Å². The first-order valence-electron chi connectivity index (χ1n) is 19.6. The summed E-state index contributed by atoms with van der Waals surface area (Å²) in [5, 5.41) is 5.08. The lowest BCUT2D eigenvalue weighted by molar-refractivity contribution is 1.07. The molecule has 0 N–H and O–H groups in total. The van der Waals surface area contributed by atoms with Gasteiger partial charge in [0.15, 0.2) is 17.5 Å². The molecule has 11 aromatic rings. The van der Waals surface area contributed by atoms with Crippen molar-refractivity contribution in [2.24, 2.45) is 0 Å². The van der Waals surface area contributed by atoms with Gasteiger partial charge in [0, 0.05) is 53.3 Å². The average molecular weight is 761 g/mol. The minimum absolute atomic E-state index is 0.634. The molecule has 0 bridgehead atoms. The van der Waals surface area contributed by atoms with Gasteiger partial charge in [-0.1, -0.05) is 133 Å². The molecule has 8 aromatic carbocycles. The van der Waals surface area contributed by atoms with E-state index in [1.54, 1.807) is 0 Å². The molecule has 0 unspecified atom stereocenters. The van der Waals surface area contributed by atoms with Crippen molar-refractivity contribution in [3.05, 3.63) is 193 Å². The third-order valence-corrected chi connectivity index (χ3v) is 12.6. The van der Waals surface area contributed by atoms with Crippen LogP contribution in [0.1, 0.15) is 11.1 Å². The van der Waals surface area contributed by atoms with Crippen molar-refractivity contribution in [2.75, 3.05) is 0 Å². The van der Waals surface area contributed by atoms with E-state index in [4.69, 9.17) is 15.0 Å². The second-order valence-electron chi connectivity index (χ2n) is 14.9. The zero-order chi connectivity index (χ0) is 38.7. The van der Waals surface area contributed by atoms with E-state index in [0.717, 1.165) is 27.9 Å². The standard InChI is InChI=1S/C53H36N4S/c1-33-14-6-7-18-39(33)49-34(2)15-12-23-44(49)53-55-51(35-16-4-3-5-17-35)54-52(56-53)36-26-29-38(30-27-36)57-46-24-10-8-19-41(46)45-32-37(28-31-47(45)57)40-21-13-22-43-42-20-9-11-25-48(42)58-50(40)43/h3-32H,1-2H3. The first kappa shape index (κ1) is 34.1. The average Bonchev–Trinajstić information content (AvgIpc) is 3.83. The smallest absolute Gasteiger partial charge is 0.164 e. The number of nitrogens with zero attached hydrogens (tertiary/aromatic N) is 4. The van der Waals surface area contributed by atoms with Crippen LogP contribution < -0.4 is 0 Å². The van der Waals surface area contributed by atoms with Gasteiger partial charge >= 0.3 is 0 Å². The number of aryl methyl sites for hydroxylation is 2. The molecule has 274 valence electrons. The Morgan fingerprint density at radius 2 is 0.983 bits per heavy atom. The second kappa shape index (κ2) is 13.8. The Balaban J connectivity index is 1.04. The van der Waals surface area contributed by atoms with E-state index in [1.807, 2.05) is 29.5 Å². The number of benzene rings is 8. The van der Waals surface area contributed by atoms with Crippen LogP contribution in [-0.4, -0.2) is 19.5 Å². The summed E-state index contributed by atoms with van der Waals surface area (Å²) in [6, 6.07) is 64.8. The summed E-state index contributed by atoms with van der Waals surface area (Å²) in [5.74, 6) is 1.93. The summed E-state index contributed by atoms with van der Waals surface area (Å²) in [4.78, 5) is 15.4. The van der Waals surface area contributed by atoms with Crippen LogP contribution in [-0.2, 0) is 0 Å². The van der Waals surface area contributed by atoms with Gasteiger partial charge in [0.05, 0.1) is 11.0 Å². The third kappa shape index (κ3) is 5.62. The van der Waals surface area contributed by atoms with Gasteiger partial charge in [-0.15, -0.1) is 11.3 Å². The lowest BCUT2D eigenvalue weighted by Gasteiger charge is -2.16. The Kier molecular flexibility index (Phi) is 8.09. The Bertz CT molecular complexity index is 3360. The number of hydrogen-bond donors (Lipinski definition) is 0. The van der Waals surface area contributed by atoms with E-state index in [0.29, 0.717) is 17.5 Å². The number of para-hydroxylation sites is 1. The largest absolute Gasteiger partial charge is 0.309 e. The molecule has 0 saturated carbocycles. The van der Waals surface area contributed by atoms with Crippen LogP contribution in [0, 0.1) is 13.8 Å². The Hall–Kier alpha value is -7.21. The molecule has 0 radical (unpaired) electrons. The number of fused-ring (bicyclic) bond motifs is 6. The first-order chi connectivity index (χ1) is 28.6. The zero-order valence-electron chi connectivity index (χ0n) is 32.0.